The summed E-state index contributed by atoms with van der Waals surface area (Å²) in [6.45, 7) is 5.48. The Morgan fingerprint density at radius 3 is 2.64 bits per heavy atom. The molecule has 4 heterocycles. The number of piperazine rings is 1. The lowest BCUT2D eigenvalue weighted by atomic mass is 10.3. The van der Waals surface area contributed by atoms with Crippen LogP contribution in [-0.4, -0.2) is 56.1 Å². The Morgan fingerprint density at radius 2 is 1.82 bits per heavy atom. The number of rotatable bonds is 2. The highest BCUT2D eigenvalue weighted by molar-refractivity contribution is 5.82. The first-order valence-corrected chi connectivity index (χ1v) is 7.25. The van der Waals surface area contributed by atoms with Crippen molar-refractivity contribution in [3.8, 4) is 0 Å². The zero-order valence-electron chi connectivity index (χ0n) is 12.3. The van der Waals surface area contributed by atoms with E-state index in [0.717, 1.165) is 49.2 Å². The van der Waals surface area contributed by atoms with Gasteiger partial charge in [-0.1, -0.05) is 0 Å². The molecule has 112 valence electrons. The van der Waals surface area contributed by atoms with Crippen molar-refractivity contribution < 1.29 is 0 Å². The van der Waals surface area contributed by atoms with E-state index in [2.05, 4.69) is 39.7 Å². The summed E-state index contributed by atoms with van der Waals surface area (Å²) < 4.78 is 0. The fourth-order valence-corrected chi connectivity index (χ4v) is 2.76. The average molecular weight is 296 g/mol. The van der Waals surface area contributed by atoms with Gasteiger partial charge < -0.3 is 14.8 Å². The van der Waals surface area contributed by atoms with Gasteiger partial charge in [-0.05, 0) is 13.0 Å². The van der Waals surface area contributed by atoms with Gasteiger partial charge >= 0.3 is 0 Å². The summed E-state index contributed by atoms with van der Waals surface area (Å²) in [5.74, 6) is 2.71. The summed E-state index contributed by atoms with van der Waals surface area (Å²) in [4.78, 5) is 29.1. The molecule has 1 fully saturated rings. The molecule has 0 aliphatic carbocycles. The number of nitrogens with zero attached hydrogens (tertiary/aromatic N) is 7. The van der Waals surface area contributed by atoms with Gasteiger partial charge in [-0.2, -0.15) is 0 Å². The van der Waals surface area contributed by atoms with Crippen LogP contribution < -0.4 is 9.80 Å². The van der Waals surface area contributed by atoms with Crippen LogP contribution in [0.25, 0.3) is 11.2 Å². The van der Waals surface area contributed by atoms with Gasteiger partial charge in [0.25, 0.3) is 0 Å². The molecule has 0 radical (unpaired) electrons. The summed E-state index contributed by atoms with van der Waals surface area (Å²) in [5, 5.41) is 0. The number of nitrogens with one attached hydrogen (secondary N) is 1. The summed E-state index contributed by atoms with van der Waals surface area (Å²) in [5.41, 5.74) is 1.60. The van der Waals surface area contributed by atoms with E-state index in [-0.39, 0.29) is 0 Å². The van der Waals surface area contributed by atoms with Crippen molar-refractivity contribution >= 4 is 22.8 Å². The van der Waals surface area contributed by atoms with E-state index in [0.29, 0.717) is 5.65 Å². The quantitative estimate of drug-likeness (QED) is 0.747. The monoisotopic (exact) mass is 296 g/mol. The van der Waals surface area contributed by atoms with E-state index in [1.807, 2.05) is 19.2 Å². The van der Waals surface area contributed by atoms with E-state index >= 15 is 0 Å². The van der Waals surface area contributed by atoms with Gasteiger partial charge in [-0.25, -0.2) is 24.9 Å². The van der Waals surface area contributed by atoms with Gasteiger partial charge in [0.15, 0.2) is 11.5 Å². The third-order valence-corrected chi connectivity index (χ3v) is 3.87. The number of aromatic nitrogens is 6. The second kappa shape index (κ2) is 5.21. The Bertz CT molecular complexity index is 790. The number of H-pyrrole nitrogens is 1. The van der Waals surface area contributed by atoms with E-state index in [9.17, 15) is 0 Å². The third-order valence-electron chi connectivity index (χ3n) is 3.87. The van der Waals surface area contributed by atoms with E-state index < -0.39 is 0 Å². The lowest BCUT2D eigenvalue weighted by molar-refractivity contribution is 0.641. The first-order chi connectivity index (χ1) is 10.8. The van der Waals surface area contributed by atoms with Crippen molar-refractivity contribution in [3.05, 3.63) is 30.7 Å². The summed E-state index contributed by atoms with van der Waals surface area (Å²) in [7, 11) is 0. The van der Waals surface area contributed by atoms with Crippen LogP contribution in [0.15, 0.2) is 24.9 Å². The van der Waals surface area contributed by atoms with Crippen LogP contribution in [-0.2, 0) is 0 Å². The smallest absolute Gasteiger partial charge is 0.182 e. The summed E-state index contributed by atoms with van der Waals surface area (Å²) >= 11 is 0. The zero-order chi connectivity index (χ0) is 14.9. The fraction of sp³-hybridized carbons (Fsp3) is 0.357. The topological polar surface area (TPSA) is 86.7 Å². The number of fused-ring (bicyclic) bond motifs is 1. The Morgan fingerprint density at radius 1 is 1.00 bits per heavy atom. The maximum atomic E-state index is 4.49. The molecule has 8 nitrogen and oxygen atoms in total. The molecule has 1 aliphatic heterocycles. The summed E-state index contributed by atoms with van der Waals surface area (Å²) in [6, 6.07) is 1.96. The Kier molecular flexibility index (Phi) is 3.06. The van der Waals surface area contributed by atoms with Gasteiger partial charge in [0.05, 0.1) is 6.33 Å². The van der Waals surface area contributed by atoms with Crippen LogP contribution in [0.2, 0.25) is 0 Å². The number of aryl methyl sites for hydroxylation is 1. The zero-order valence-corrected chi connectivity index (χ0v) is 12.3. The molecule has 0 saturated carbocycles. The lowest BCUT2D eigenvalue weighted by Crippen LogP contribution is -2.47. The predicted octanol–water partition coefficient (Wildman–Crippen LogP) is 0.778. The van der Waals surface area contributed by atoms with E-state index in [1.165, 1.54) is 0 Å². The molecule has 4 rings (SSSR count). The highest BCUT2D eigenvalue weighted by atomic mass is 15.3. The van der Waals surface area contributed by atoms with Crippen molar-refractivity contribution in [1.29, 1.82) is 0 Å². The molecule has 1 aliphatic rings. The molecule has 1 saturated heterocycles. The molecule has 0 unspecified atom stereocenters. The van der Waals surface area contributed by atoms with Crippen LogP contribution >= 0.6 is 0 Å². The van der Waals surface area contributed by atoms with Crippen molar-refractivity contribution in [3.63, 3.8) is 0 Å². The highest BCUT2D eigenvalue weighted by Crippen LogP contribution is 2.22. The maximum absolute atomic E-state index is 4.49. The van der Waals surface area contributed by atoms with Crippen LogP contribution in [0, 0.1) is 6.92 Å². The second-order valence-electron chi connectivity index (χ2n) is 5.23. The fourth-order valence-electron chi connectivity index (χ4n) is 2.76. The van der Waals surface area contributed by atoms with Crippen LogP contribution in [0.5, 0.6) is 0 Å². The average Bonchev–Trinajstić information content (AvgIpc) is 3.04. The van der Waals surface area contributed by atoms with Crippen molar-refractivity contribution in [1.82, 2.24) is 29.9 Å². The molecule has 8 heteroatoms. The van der Waals surface area contributed by atoms with E-state index in [4.69, 9.17) is 0 Å². The number of hydrogen-bond acceptors (Lipinski definition) is 7. The molecule has 0 atom stereocenters. The molecule has 0 bridgehead atoms. The normalized spacial score (nSPS) is 15.5. The van der Waals surface area contributed by atoms with Crippen LogP contribution in [0.1, 0.15) is 5.82 Å². The molecule has 22 heavy (non-hydrogen) atoms. The number of anilines is 2. The standard InChI is InChI=1S/C14H16N8/c1-10-15-3-2-11(20-10)21-4-6-22(7-5-21)14-12-13(17-8-16-12)18-9-19-14/h2-3,8-9H,4-7H2,1H3,(H,16,17,18,19). The Hall–Kier alpha value is -2.77. The molecule has 0 amide bonds. The Labute approximate surface area is 127 Å². The molecule has 3 aromatic heterocycles. The van der Waals surface area contributed by atoms with Gasteiger partial charge in [-0.15, -0.1) is 0 Å². The molecule has 0 spiro atoms. The van der Waals surface area contributed by atoms with Crippen molar-refractivity contribution in [2.45, 2.75) is 6.92 Å². The lowest BCUT2D eigenvalue weighted by Gasteiger charge is -2.36. The third kappa shape index (κ3) is 2.22. The largest absolute Gasteiger partial charge is 0.353 e. The van der Waals surface area contributed by atoms with Crippen molar-refractivity contribution in [2.24, 2.45) is 0 Å². The van der Waals surface area contributed by atoms with Crippen LogP contribution in [0.4, 0.5) is 11.6 Å². The van der Waals surface area contributed by atoms with Gasteiger partial charge in [0.1, 0.15) is 23.5 Å². The SMILES string of the molecule is Cc1nccc(N2CCN(c3ncnc4nc[nH]c34)CC2)n1. The van der Waals surface area contributed by atoms with Crippen molar-refractivity contribution in [2.75, 3.05) is 36.0 Å². The first-order valence-electron chi connectivity index (χ1n) is 7.25. The highest BCUT2D eigenvalue weighted by Gasteiger charge is 2.21. The minimum atomic E-state index is 0.707. The van der Waals surface area contributed by atoms with Gasteiger partial charge in [-0.3, -0.25) is 0 Å². The molecular weight excluding hydrogens is 280 g/mol. The predicted molar refractivity (Wildman–Crippen MR) is 82.9 cm³/mol. The minimum Gasteiger partial charge on any atom is -0.353 e. The minimum absolute atomic E-state index is 0.707. The van der Waals surface area contributed by atoms with Gasteiger partial charge in [0, 0.05) is 32.4 Å². The molecule has 0 aromatic carbocycles. The maximum Gasteiger partial charge on any atom is 0.182 e. The Balaban J connectivity index is 1.53. The molecule has 3 aromatic rings. The van der Waals surface area contributed by atoms with E-state index in [1.54, 1.807) is 12.7 Å². The summed E-state index contributed by atoms with van der Waals surface area (Å²) in [6.07, 6.45) is 5.03. The number of hydrogen-bond donors (Lipinski definition) is 1. The number of imidazole rings is 1. The van der Waals surface area contributed by atoms with Gasteiger partial charge in [0.2, 0.25) is 0 Å². The molecular formula is C14H16N8. The number of aromatic amines is 1. The second-order valence-corrected chi connectivity index (χ2v) is 5.23. The molecule has 1 N–H and O–H groups in total. The first kappa shape index (κ1) is 12.9. The van der Waals surface area contributed by atoms with Crippen LogP contribution in [0.3, 0.4) is 0 Å².